The van der Waals surface area contributed by atoms with Crippen LogP contribution < -0.4 is 9.64 Å². The SMILES string of the molecule is CN(C)Sc1cncc(N2CCOc3ccc(O)cc32)c1. The molecule has 2 heterocycles. The Bertz CT molecular complexity index is 649. The van der Waals surface area contributed by atoms with Crippen molar-refractivity contribution in [3.8, 4) is 11.5 Å². The molecular formula is C15H17N3O2S. The minimum atomic E-state index is 0.232. The van der Waals surface area contributed by atoms with Gasteiger partial charge in [-0.3, -0.25) is 9.29 Å². The maximum absolute atomic E-state index is 9.72. The number of hydrogen-bond acceptors (Lipinski definition) is 6. The summed E-state index contributed by atoms with van der Waals surface area (Å²) in [7, 11) is 4.00. The predicted molar refractivity (Wildman–Crippen MR) is 84.4 cm³/mol. The molecule has 110 valence electrons. The number of phenols is 1. The maximum Gasteiger partial charge on any atom is 0.143 e. The average molecular weight is 303 g/mol. The summed E-state index contributed by atoms with van der Waals surface area (Å²) >= 11 is 1.62. The molecule has 0 radical (unpaired) electrons. The van der Waals surface area contributed by atoms with Gasteiger partial charge in [-0.05, 0) is 44.2 Å². The van der Waals surface area contributed by atoms with Crippen LogP contribution >= 0.6 is 11.9 Å². The van der Waals surface area contributed by atoms with E-state index in [1.54, 1.807) is 30.1 Å². The van der Waals surface area contributed by atoms with Crippen LogP contribution in [0.2, 0.25) is 0 Å². The van der Waals surface area contributed by atoms with Crippen molar-refractivity contribution in [1.29, 1.82) is 0 Å². The van der Waals surface area contributed by atoms with Crippen LogP contribution in [0.4, 0.5) is 11.4 Å². The largest absolute Gasteiger partial charge is 0.508 e. The van der Waals surface area contributed by atoms with Crippen molar-refractivity contribution in [3.63, 3.8) is 0 Å². The van der Waals surface area contributed by atoms with Crippen LogP contribution in [0.15, 0.2) is 41.6 Å². The van der Waals surface area contributed by atoms with Crippen molar-refractivity contribution in [2.75, 3.05) is 32.1 Å². The molecule has 0 fully saturated rings. The Morgan fingerprint density at radius 3 is 2.95 bits per heavy atom. The van der Waals surface area contributed by atoms with Gasteiger partial charge in [-0.1, -0.05) is 0 Å². The van der Waals surface area contributed by atoms with E-state index >= 15 is 0 Å². The van der Waals surface area contributed by atoms with Crippen LogP contribution in [-0.4, -0.2) is 41.6 Å². The molecular weight excluding hydrogens is 286 g/mol. The summed E-state index contributed by atoms with van der Waals surface area (Å²) in [6, 6.07) is 7.25. The third-order valence-corrected chi connectivity index (χ3v) is 3.90. The second kappa shape index (κ2) is 5.83. The fourth-order valence-electron chi connectivity index (χ4n) is 2.29. The first kappa shape index (κ1) is 14.0. The van der Waals surface area contributed by atoms with Gasteiger partial charge in [0.25, 0.3) is 0 Å². The highest BCUT2D eigenvalue weighted by Gasteiger charge is 2.20. The fraction of sp³-hybridized carbons (Fsp3) is 0.267. The summed E-state index contributed by atoms with van der Waals surface area (Å²) in [5, 5.41) is 9.72. The van der Waals surface area contributed by atoms with Crippen molar-refractivity contribution >= 4 is 23.3 Å². The van der Waals surface area contributed by atoms with Crippen LogP contribution in [0.5, 0.6) is 11.5 Å². The molecule has 1 N–H and O–H groups in total. The van der Waals surface area contributed by atoms with Gasteiger partial charge in [-0.25, -0.2) is 0 Å². The van der Waals surface area contributed by atoms with Crippen molar-refractivity contribution in [2.45, 2.75) is 4.90 Å². The average Bonchev–Trinajstić information content (AvgIpc) is 2.46. The third kappa shape index (κ3) is 3.06. The smallest absolute Gasteiger partial charge is 0.143 e. The normalized spacial score (nSPS) is 14.0. The number of aromatic hydroxyl groups is 1. The summed E-state index contributed by atoms with van der Waals surface area (Å²) in [4.78, 5) is 7.51. The lowest BCUT2D eigenvalue weighted by Gasteiger charge is -2.31. The Morgan fingerprint density at radius 1 is 1.29 bits per heavy atom. The van der Waals surface area contributed by atoms with Gasteiger partial charge in [-0.15, -0.1) is 0 Å². The molecule has 1 aliphatic heterocycles. The minimum Gasteiger partial charge on any atom is -0.508 e. The lowest BCUT2D eigenvalue weighted by Crippen LogP contribution is -2.28. The van der Waals surface area contributed by atoms with Crippen LogP contribution in [0.1, 0.15) is 0 Å². The molecule has 0 bridgehead atoms. The fourth-order valence-corrected chi connectivity index (χ4v) is 2.99. The summed E-state index contributed by atoms with van der Waals surface area (Å²) < 4.78 is 7.67. The van der Waals surface area contributed by atoms with Gasteiger partial charge < -0.3 is 14.7 Å². The lowest BCUT2D eigenvalue weighted by atomic mass is 10.2. The van der Waals surface area contributed by atoms with Gasteiger partial charge in [0.2, 0.25) is 0 Å². The van der Waals surface area contributed by atoms with E-state index in [-0.39, 0.29) is 5.75 Å². The Labute approximate surface area is 128 Å². The third-order valence-electron chi connectivity index (χ3n) is 3.10. The lowest BCUT2D eigenvalue weighted by molar-refractivity contribution is 0.313. The molecule has 21 heavy (non-hydrogen) atoms. The van der Waals surface area contributed by atoms with Gasteiger partial charge in [-0.2, -0.15) is 0 Å². The molecule has 2 aromatic rings. The molecule has 1 aromatic heterocycles. The molecule has 3 rings (SSSR count). The Balaban J connectivity index is 1.97. The van der Waals surface area contributed by atoms with E-state index < -0.39 is 0 Å². The monoisotopic (exact) mass is 303 g/mol. The Hall–Kier alpha value is -1.92. The molecule has 1 aromatic carbocycles. The first-order valence-corrected chi connectivity index (χ1v) is 7.44. The number of benzene rings is 1. The number of rotatable bonds is 3. The van der Waals surface area contributed by atoms with E-state index in [2.05, 4.69) is 16.0 Å². The van der Waals surface area contributed by atoms with Crippen LogP contribution in [0.25, 0.3) is 0 Å². The minimum absolute atomic E-state index is 0.232. The molecule has 5 nitrogen and oxygen atoms in total. The molecule has 0 spiro atoms. The van der Waals surface area contributed by atoms with Crippen molar-refractivity contribution in [1.82, 2.24) is 9.29 Å². The summed E-state index contributed by atoms with van der Waals surface area (Å²) in [6.07, 6.45) is 3.68. The summed E-state index contributed by atoms with van der Waals surface area (Å²) in [5.74, 6) is 1.01. The Kier molecular flexibility index (Phi) is 3.90. The second-order valence-corrected chi connectivity index (χ2v) is 6.32. The van der Waals surface area contributed by atoms with Gasteiger partial charge >= 0.3 is 0 Å². The van der Waals surface area contributed by atoms with Crippen LogP contribution in [0, 0.1) is 0 Å². The number of aromatic nitrogens is 1. The van der Waals surface area contributed by atoms with Crippen LogP contribution in [-0.2, 0) is 0 Å². The number of pyridine rings is 1. The number of ether oxygens (including phenoxy) is 1. The second-order valence-electron chi connectivity index (χ2n) is 4.93. The van der Waals surface area contributed by atoms with Crippen molar-refractivity contribution in [3.05, 3.63) is 36.7 Å². The van der Waals surface area contributed by atoms with E-state index in [1.807, 2.05) is 30.8 Å². The first-order valence-electron chi connectivity index (χ1n) is 6.67. The quantitative estimate of drug-likeness (QED) is 0.880. The highest BCUT2D eigenvalue weighted by molar-refractivity contribution is 7.97. The number of anilines is 2. The van der Waals surface area contributed by atoms with Gasteiger partial charge in [0.1, 0.15) is 18.1 Å². The molecule has 6 heteroatoms. The van der Waals surface area contributed by atoms with Gasteiger partial charge in [0.05, 0.1) is 24.1 Å². The van der Waals surface area contributed by atoms with Crippen LogP contribution in [0.3, 0.4) is 0 Å². The van der Waals surface area contributed by atoms with E-state index in [9.17, 15) is 5.11 Å². The molecule has 0 amide bonds. The first-order chi connectivity index (χ1) is 10.1. The number of phenolic OH excluding ortho intramolecular Hbond substituents is 1. The zero-order chi connectivity index (χ0) is 14.8. The molecule has 0 atom stereocenters. The van der Waals surface area contributed by atoms with E-state index in [0.717, 1.165) is 28.6 Å². The zero-order valence-electron chi connectivity index (χ0n) is 12.0. The number of hydrogen-bond donors (Lipinski definition) is 1. The Morgan fingerprint density at radius 2 is 2.14 bits per heavy atom. The van der Waals surface area contributed by atoms with Crippen molar-refractivity contribution in [2.24, 2.45) is 0 Å². The topological polar surface area (TPSA) is 48.8 Å². The van der Waals surface area contributed by atoms with Crippen molar-refractivity contribution < 1.29 is 9.84 Å². The zero-order valence-corrected chi connectivity index (χ0v) is 12.8. The number of fused-ring (bicyclic) bond motifs is 1. The molecule has 0 saturated heterocycles. The number of nitrogens with zero attached hydrogens (tertiary/aromatic N) is 3. The van der Waals surface area contributed by atoms with E-state index in [0.29, 0.717) is 6.61 Å². The van der Waals surface area contributed by atoms with Gasteiger partial charge in [0.15, 0.2) is 0 Å². The predicted octanol–water partition coefficient (Wildman–Crippen LogP) is 2.89. The highest BCUT2D eigenvalue weighted by Crippen LogP contribution is 2.39. The summed E-state index contributed by atoms with van der Waals surface area (Å²) in [5.41, 5.74) is 1.87. The standard InChI is InChI=1S/C15H17N3O2S/c1-17(2)21-13-7-11(9-16-10-13)18-5-6-20-15-4-3-12(19)8-14(15)18/h3-4,7-10,19H,5-6H2,1-2H3. The summed E-state index contributed by atoms with van der Waals surface area (Å²) in [6.45, 7) is 1.34. The molecule has 0 saturated carbocycles. The maximum atomic E-state index is 9.72. The highest BCUT2D eigenvalue weighted by atomic mass is 32.2. The molecule has 1 aliphatic rings. The van der Waals surface area contributed by atoms with E-state index in [4.69, 9.17) is 4.74 Å². The van der Waals surface area contributed by atoms with E-state index in [1.165, 1.54) is 0 Å². The molecule has 0 unspecified atom stereocenters. The molecule has 0 aliphatic carbocycles. The van der Waals surface area contributed by atoms with Gasteiger partial charge in [0, 0.05) is 17.2 Å².